The van der Waals surface area contributed by atoms with Gasteiger partial charge in [-0.15, -0.1) is 0 Å². The number of allylic oxidation sites excluding steroid dienone is 1. The molecule has 0 aliphatic rings. The Labute approximate surface area is 91.9 Å². The van der Waals surface area contributed by atoms with Crippen molar-refractivity contribution in [1.29, 1.82) is 0 Å². The van der Waals surface area contributed by atoms with Crippen molar-refractivity contribution in [2.24, 2.45) is 0 Å². The number of fused-ring (bicyclic) bond motifs is 1. The van der Waals surface area contributed by atoms with Crippen LogP contribution in [0, 0.1) is 6.92 Å². The van der Waals surface area contributed by atoms with E-state index in [2.05, 4.69) is 4.98 Å². The maximum absolute atomic E-state index is 11.5. The Morgan fingerprint density at radius 2 is 2.25 bits per heavy atom. The topological polar surface area (TPSA) is 63.3 Å². The van der Waals surface area contributed by atoms with Gasteiger partial charge in [0.2, 0.25) is 0 Å². The van der Waals surface area contributed by atoms with Crippen LogP contribution in [-0.2, 0) is 0 Å². The quantitative estimate of drug-likeness (QED) is 0.745. The molecular formula is C12H11NO3. The molecule has 1 aromatic heterocycles. The zero-order chi connectivity index (χ0) is 11.7. The number of aliphatic hydroxyl groups excluding tert-OH is 1. The van der Waals surface area contributed by atoms with Gasteiger partial charge < -0.3 is 9.52 Å². The second-order valence-electron chi connectivity index (χ2n) is 3.64. The Hall–Kier alpha value is -2.10. The molecule has 0 unspecified atom stereocenters. The number of nitrogens with zero attached hydrogens (tertiary/aromatic N) is 1. The molecule has 0 bridgehead atoms. The molecule has 0 radical (unpaired) electrons. The van der Waals surface area contributed by atoms with Crippen molar-refractivity contribution in [2.45, 2.75) is 13.8 Å². The second-order valence-corrected chi connectivity index (χ2v) is 3.64. The van der Waals surface area contributed by atoms with Crippen molar-refractivity contribution in [3.05, 3.63) is 45.6 Å². The number of hydrogen-bond donors (Lipinski definition) is 1. The lowest BCUT2D eigenvalue weighted by molar-refractivity contribution is 0.419. The molecule has 0 aliphatic heterocycles. The molecule has 4 nitrogen and oxygen atoms in total. The third-order valence-corrected chi connectivity index (χ3v) is 2.11. The van der Waals surface area contributed by atoms with Gasteiger partial charge in [-0.25, -0.2) is 9.78 Å². The summed E-state index contributed by atoms with van der Waals surface area (Å²) in [6.45, 7) is 3.38. The number of aliphatic hydroxyl groups is 1. The van der Waals surface area contributed by atoms with Gasteiger partial charge in [-0.1, -0.05) is 6.07 Å². The van der Waals surface area contributed by atoms with Crippen molar-refractivity contribution in [3.8, 4) is 0 Å². The molecule has 1 aromatic carbocycles. The van der Waals surface area contributed by atoms with Crippen LogP contribution in [0.15, 0.2) is 33.2 Å². The molecule has 0 fully saturated rings. The number of benzene rings is 1. The molecule has 4 heteroatoms. The first-order chi connectivity index (χ1) is 7.56. The van der Waals surface area contributed by atoms with Gasteiger partial charge in [0.05, 0.1) is 5.76 Å². The SMILES string of the molecule is CC(O)=Cc1nc2ccc(C)cc2oc1=O. The highest BCUT2D eigenvalue weighted by molar-refractivity contribution is 5.73. The number of hydrogen-bond acceptors (Lipinski definition) is 4. The number of aromatic nitrogens is 1. The summed E-state index contributed by atoms with van der Waals surface area (Å²) >= 11 is 0. The van der Waals surface area contributed by atoms with Gasteiger partial charge in [0.1, 0.15) is 5.52 Å². The van der Waals surface area contributed by atoms with E-state index in [0.717, 1.165) is 5.56 Å². The van der Waals surface area contributed by atoms with Crippen molar-refractivity contribution in [1.82, 2.24) is 4.98 Å². The van der Waals surface area contributed by atoms with Crippen LogP contribution in [0.4, 0.5) is 0 Å². The van der Waals surface area contributed by atoms with Gasteiger partial charge in [-0.2, -0.15) is 0 Å². The minimum Gasteiger partial charge on any atom is -0.513 e. The minimum absolute atomic E-state index is 0.0197. The summed E-state index contributed by atoms with van der Waals surface area (Å²) in [6, 6.07) is 5.41. The monoisotopic (exact) mass is 217 g/mol. The zero-order valence-corrected chi connectivity index (χ0v) is 9.02. The van der Waals surface area contributed by atoms with Crippen LogP contribution in [0.25, 0.3) is 17.2 Å². The first kappa shape index (κ1) is 10.4. The molecule has 0 saturated heterocycles. The molecular weight excluding hydrogens is 206 g/mol. The Morgan fingerprint density at radius 1 is 1.50 bits per heavy atom. The van der Waals surface area contributed by atoms with Crippen molar-refractivity contribution < 1.29 is 9.52 Å². The van der Waals surface area contributed by atoms with E-state index in [1.54, 1.807) is 12.1 Å². The van der Waals surface area contributed by atoms with Crippen LogP contribution in [0.5, 0.6) is 0 Å². The summed E-state index contributed by atoms with van der Waals surface area (Å²) < 4.78 is 5.10. The lowest BCUT2D eigenvalue weighted by Gasteiger charge is -1.99. The van der Waals surface area contributed by atoms with Gasteiger partial charge >= 0.3 is 5.63 Å². The Balaban J connectivity index is 2.72. The highest BCUT2D eigenvalue weighted by atomic mass is 16.4. The van der Waals surface area contributed by atoms with Crippen LogP contribution in [0.1, 0.15) is 18.2 Å². The third kappa shape index (κ3) is 1.95. The molecule has 0 atom stereocenters. The van der Waals surface area contributed by atoms with Crippen LogP contribution in [-0.4, -0.2) is 10.1 Å². The first-order valence-electron chi connectivity index (χ1n) is 4.85. The van der Waals surface area contributed by atoms with E-state index in [9.17, 15) is 4.79 Å². The lowest BCUT2D eigenvalue weighted by Crippen LogP contribution is -2.06. The Kier molecular flexibility index (Phi) is 2.48. The zero-order valence-electron chi connectivity index (χ0n) is 9.02. The maximum atomic E-state index is 11.5. The van der Waals surface area contributed by atoms with E-state index in [4.69, 9.17) is 9.52 Å². The average molecular weight is 217 g/mol. The summed E-state index contributed by atoms with van der Waals surface area (Å²) in [5.74, 6) is 0.0197. The predicted molar refractivity (Wildman–Crippen MR) is 61.3 cm³/mol. The summed E-state index contributed by atoms with van der Waals surface area (Å²) in [7, 11) is 0. The molecule has 0 aliphatic carbocycles. The number of rotatable bonds is 1. The highest BCUT2D eigenvalue weighted by Crippen LogP contribution is 2.12. The third-order valence-electron chi connectivity index (χ3n) is 2.11. The van der Waals surface area contributed by atoms with E-state index in [1.807, 2.05) is 13.0 Å². The van der Waals surface area contributed by atoms with Crippen LogP contribution in [0.2, 0.25) is 0 Å². The van der Waals surface area contributed by atoms with Crippen molar-refractivity contribution in [2.75, 3.05) is 0 Å². The van der Waals surface area contributed by atoms with Crippen molar-refractivity contribution in [3.63, 3.8) is 0 Å². The van der Waals surface area contributed by atoms with Crippen LogP contribution < -0.4 is 5.63 Å². The van der Waals surface area contributed by atoms with E-state index in [0.29, 0.717) is 11.1 Å². The van der Waals surface area contributed by atoms with E-state index >= 15 is 0 Å². The molecule has 0 amide bonds. The fourth-order valence-electron chi connectivity index (χ4n) is 1.41. The smallest absolute Gasteiger partial charge is 0.362 e. The molecule has 82 valence electrons. The molecule has 1 N–H and O–H groups in total. The van der Waals surface area contributed by atoms with Gasteiger partial charge in [0.25, 0.3) is 0 Å². The standard InChI is InChI=1S/C12H11NO3/c1-7-3-4-9-11(5-7)16-12(15)10(13-9)6-8(2)14/h3-6,14H,1-2H3. The summed E-state index contributed by atoms with van der Waals surface area (Å²) in [5, 5.41) is 9.09. The minimum atomic E-state index is -0.550. The Morgan fingerprint density at radius 3 is 2.94 bits per heavy atom. The normalized spacial score (nSPS) is 12.0. The van der Waals surface area contributed by atoms with Crippen molar-refractivity contribution >= 4 is 17.2 Å². The molecule has 2 aromatic rings. The largest absolute Gasteiger partial charge is 0.513 e. The van der Waals surface area contributed by atoms with Gasteiger partial charge in [0.15, 0.2) is 11.3 Å². The fraction of sp³-hybridized carbons (Fsp3) is 0.167. The molecule has 0 spiro atoms. The molecule has 0 saturated carbocycles. The molecule has 2 rings (SSSR count). The highest BCUT2D eigenvalue weighted by Gasteiger charge is 2.05. The number of aryl methyl sites for hydroxylation is 1. The van der Waals surface area contributed by atoms with Crippen LogP contribution >= 0.6 is 0 Å². The molecule has 16 heavy (non-hydrogen) atoms. The predicted octanol–water partition coefficient (Wildman–Crippen LogP) is 2.42. The van der Waals surface area contributed by atoms with Gasteiger partial charge in [0, 0.05) is 6.08 Å². The first-order valence-corrected chi connectivity index (χ1v) is 4.85. The Bertz CT molecular complexity index is 622. The molecule has 1 heterocycles. The summed E-state index contributed by atoms with van der Waals surface area (Å²) in [4.78, 5) is 15.6. The van der Waals surface area contributed by atoms with Gasteiger partial charge in [-0.05, 0) is 31.5 Å². The van der Waals surface area contributed by atoms with Gasteiger partial charge in [-0.3, -0.25) is 0 Å². The van der Waals surface area contributed by atoms with Crippen LogP contribution in [0.3, 0.4) is 0 Å². The van der Waals surface area contributed by atoms with E-state index in [-0.39, 0.29) is 11.5 Å². The second kappa shape index (κ2) is 3.81. The van der Waals surface area contributed by atoms with E-state index in [1.165, 1.54) is 13.0 Å². The maximum Gasteiger partial charge on any atom is 0.362 e. The lowest BCUT2D eigenvalue weighted by atomic mass is 10.2. The summed E-state index contributed by atoms with van der Waals surface area (Å²) in [5.41, 5.74) is 1.61. The van der Waals surface area contributed by atoms with E-state index < -0.39 is 5.63 Å². The fourth-order valence-corrected chi connectivity index (χ4v) is 1.41. The summed E-state index contributed by atoms with van der Waals surface area (Å²) in [6.07, 6.45) is 1.28. The average Bonchev–Trinajstić information content (AvgIpc) is 2.19.